The van der Waals surface area contributed by atoms with Gasteiger partial charge in [-0.2, -0.15) is 0 Å². The average molecular weight is 662 g/mol. The molecule has 9 nitrogen and oxygen atoms in total. The summed E-state index contributed by atoms with van der Waals surface area (Å²) >= 11 is 0. The number of nitrogens with one attached hydrogen (secondary N) is 2. The minimum atomic E-state index is -0.726. The number of anilines is 1. The minimum Gasteiger partial charge on any atom is -0.497 e. The van der Waals surface area contributed by atoms with Gasteiger partial charge in [-0.25, -0.2) is 4.39 Å². The normalized spacial score (nSPS) is 15.7. The molecule has 1 heterocycles. The Hall–Kier alpha value is -4.31. The smallest absolute Gasteiger partial charge is 0.252 e. The zero-order chi connectivity index (χ0) is 33.9. The molecule has 0 aromatic heterocycles. The second-order valence-electron chi connectivity index (χ2n) is 12.7. The van der Waals surface area contributed by atoms with Crippen molar-refractivity contribution in [1.82, 2.24) is 10.6 Å². The molecule has 1 unspecified atom stereocenters. The van der Waals surface area contributed by atoms with E-state index in [4.69, 9.17) is 18.9 Å². The number of carbonyl (C=O) groups is 2. The highest BCUT2D eigenvalue weighted by Crippen LogP contribution is 2.30. The summed E-state index contributed by atoms with van der Waals surface area (Å²) in [5.41, 5.74) is 3.20. The van der Waals surface area contributed by atoms with Crippen LogP contribution in [0.1, 0.15) is 66.4 Å². The summed E-state index contributed by atoms with van der Waals surface area (Å²) in [5, 5.41) is 6.24. The van der Waals surface area contributed by atoms with Gasteiger partial charge in [0.05, 0.1) is 40.6 Å². The standard InChI is InChI=1S/C38H48FN3O6/c1-45-32-11-7-10-29(21-32)37(43)41-35(14-12-26-8-5-4-6-9-26)38(44)40-31(23-42-17-16-28-20-30(39)13-15-36(28)42)25-48-24-27-18-33(46-2)22-34(19-27)47-3/h7,10-11,13,15,18-22,26,31,35H,4-6,8-9,12,14,16-17,23-25H2,1-3H3,(H,40,44)(H,41,43)/t31-,35?/m0/s1. The number of ether oxygens (including phenoxy) is 4. The van der Waals surface area contributed by atoms with Gasteiger partial charge in [0.1, 0.15) is 29.1 Å². The van der Waals surface area contributed by atoms with E-state index >= 15 is 0 Å². The molecule has 48 heavy (non-hydrogen) atoms. The van der Waals surface area contributed by atoms with Gasteiger partial charge in [0.25, 0.3) is 5.91 Å². The molecule has 2 atom stereocenters. The quantitative estimate of drug-likeness (QED) is 0.192. The third kappa shape index (κ3) is 9.62. The van der Waals surface area contributed by atoms with Crippen molar-refractivity contribution in [3.63, 3.8) is 0 Å². The fraction of sp³-hybridized carbons (Fsp3) is 0.474. The van der Waals surface area contributed by atoms with Crippen molar-refractivity contribution < 1.29 is 32.9 Å². The summed E-state index contributed by atoms with van der Waals surface area (Å²) in [4.78, 5) is 29.6. The Morgan fingerprint density at radius 2 is 1.65 bits per heavy atom. The second-order valence-corrected chi connectivity index (χ2v) is 12.7. The molecule has 5 rings (SSSR count). The summed E-state index contributed by atoms with van der Waals surface area (Å²) in [7, 11) is 4.75. The molecule has 1 aliphatic heterocycles. The maximum atomic E-state index is 14.1. The third-order valence-electron chi connectivity index (χ3n) is 9.36. The zero-order valence-electron chi connectivity index (χ0n) is 28.3. The van der Waals surface area contributed by atoms with Gasteiger partial charge in [0.15, 0.2) is 0 Å². The Morgan fingerprint density at radius 3 is 2.38 bits per heavy atom. The van der Waals surface area contributed by atoms with Gasteiger partial charge in [-0.05, 0) is 84.8 Å². The molecular formula is C38H48FN3O6. The highest BCUT2D eigenvalue weighted by atomic mass is 19.1. The topological polar surface area (TPSA) is 98.4 Å². The SMILES string of the molecule is COc1cc(COC[C@H](CN2CCc3cc(F)ccc32)NC(=O)C(CCC2CCCCC2)NC(=O)c2cccc(OC)c2)cc(OC)c1. The van der Waals surface area contributed by atoms with E-state index in [1.165, 1.54) is 25.3 Å². The van der Waals surface area contributed by atoms with Gasteiger partial charge >= 0.3 is 0 Å². The number of hydrogen-bond acceptors (Lipinski definition) is 7. The molecule has 0 bridgehead atoms. The molecule has 0 spiro atoms. The number of carbonyl (C=O) groups excluding carboxylic acids is 2. The summed E-state index contributed by atoms with van der Waals surface area (Å²) in [6.07, 6.45) is 8.09. The molecule has 1 saturated carbocycles. The molecule has 1 aliphatic carbocycles. The van der Waals surface area contributed by atoms with Crippen LogP contribution >= 0.6 is 0 Å². The predicted molar refractivity (Wildman–Crippen MR) is 184 cm³/mol. The summed E-state index contributed by atoms with van der Waals surface area (Å²) < 4.78 is 36.3. The van der Waals surface area contributed by atoms with Gasteiger partial charge in [0, 0.05) is 30.4 Å². The Bertz CT molecular complexity index is 1510. The van der Waals surface area contributed by atoms with Crippen molar-refractivity contribution in [1.29, 1.82) is 0 Å². The highest BCUT2D eigenvalue weighted by molar-refractivity contribution is 5.97. The number of benzene rings is 3. The molecule has 10 heteroatoms. The van der Waals surface area contributed by atoms with Crippen molar-refractivity contribution in [2.75, 3.05) is 45.9 Å². The first-order valence-electron chi connectivity index (χ1n) is 16.9. The monoisotopic (exact) mass is 661 g/mol. The molecule has 2 aliphatic rings. The van der Waals surface area contributed by atoms with Crippen LogP contribution in [0.3, 0.4) is 0 Å². The molecule has 2 N–H and O–H groups in total. The fourth-order valence-corrected chi connectivity index (χ4v) is 6.76. The van der Waals surface area contributed by atoms with Crippen LogP contribution in [-0.4, -0.2) is 64.9 Å². The van der Waals surface area contributed by atoms with Crippen LogP contribution in [0, 0.1) is 11.7 Å². The van der Waals surface area contributed by atoms with Crippen LogP contribution in [0.2, 0.25) is 0 Å². The van der Waals surface area contributed by atoms with Crippen LogP contribution in [0.4, 0.5) is 10.1 Å². The van der Waals surface area contributed by atoms with Crippen molar-refractivity contribution in [2.24, 2.45) is 5.92 Å². The van der Waals surface area contributed by atoms with E-state index in [2.05, 4.69) is 15.5 Å². The van der Waals surface area contributed by atoms with Crippen LogP contribution in [-0.2, 0) is 22.6 Å². The molecule has 1 fully saturated rings. The lowest BCUT2D eigenvalue weighted by Crippen LogP contribution is -2.53. The summed E-state index contributed by atoms with van der Waals surface area (Å²) in [6.45, 7) is 1.66. The van der Waals surface area contributed by atoms with Gasteiger partial charge in [-0.1, -0.05) is 38.2 Å². The minimum absolute atomic E-state index is 0.220. The van der Waals surface area contributed by atoms with E-state index < -0.39 is 12.1 Å². The van der Waals surface area contributed by atoms with E-state index in [0.29, 0.717) is 48.2 Å². The van der Waals surface area contributed by atoms with E-state index in [1.807, 2.05) is 12.1 Å². The van der Waals surface area contributed by atoms with Crippen molar-refractivity contribution >= 4 is 17.5 Å². The molecule has 3 aromatic carbocycles. The van der Waals surface area contributed by atoms with Gasteiger partial charge in [-0.15, -0.1) is 0 Å². The maximum absolute atomic E-state index is 14.1. The van der Waals surface area contributed by atoms with Gasteiger partial charge in [0.2, 0.25) is 5.91 Å². The number of hydrogen-bond donors (Lipinski definition) is 2. The lowest BCUT2D eigenvalue weighted by molar-refractivity contribution is -0.124. The average Bonchev–Trinajstić information content (AvgIpc) is 3.51. The van der Waals surface area contributed by atoms with Crippen LogP contribution in [0.25, 0.3) is 0 Å². The third-order valence-corrected chi connectivity index (χ3v) is 9.36. The number of methoxy groups -OCH3 is 3. The number of rotatable bonds is 16. The largest absolute Gasteiger partial charge is 0.497 e. The van der Waals surface area contributed by atoms with E-state index in [9.17, 15) is 14.0 Å². The van der Waals surface area contributed by atoms with E-state index in [0.717, 1.165) is 42.5 Å². The summed E-state index contributed by atoms with van der Waals surface area (Å²) in [6, 6.07) is 16.2. The molecule has 258 valence electrons. The molecule has 0 saturated heterocycles. The van der Waals surface area contributed by atoms with Gasteiger partial charge < -0.3 is 34.5 Å². The van der Waals surface area contributed by atoms with Crippen molar-refractivity contribution in [3.05, 3.63) is 83.2 Å². The Balaban J connectivity index is 1.32. The Kier molecular flexibility index (Phi) is 12.5. The second kappa shape index (κ2) is 17.2. The van der Waals surface area contributed by atoms with E-state index in [1.54, 1.807) is 63.8 Å². The number of nitrogens with zero attached hydrogens (tertiary/aromatic N) is 1. The zero-order valence-corrected chi connectivity index (χ0v) is 28.3. The fourth-order valence-electron chi connectivity index (χ4n) is 6.76. The first-order valence-corrected chi connectivity index (χ1v) is 16.9. The lowest BCUT2D eigenvalue weighted by Gasteiger charge is -2.29. The Labute approximate surface area is 283 Å². The van der Waals surface area contributed by atoms with E-state index in [-0.39, 0.29) is 30.8 Å². The Morgan fingerprint density at radius 1 is 0.896 bits per heavy atom. The molecular weight excluding hydrogens is 613 g/mol. The molecule has 2 amide bonds. The van der Waals surface area contributed by atoms with Crippen molar-refractivity contribution in [3.8, 4) is 17.2 Å². The van der Waals surface area contributed by atoms with Crippen LogP contribution < -0.4 is 29.7 Å². The number of fused-ring (bicyclic) bond motifs is 1. The molecule has 0 radical (unpaired) electrons. The van der Waals surface area contributed by atoms with Crippen molar-refractivity contribution in [2.45, 2.75) is 70.1 Å². The van der Waals surface area contributed by atoms with Crippen LogP contribution in [0.15, 0.2) is 60.7 Å². The summed E-state index contributed by atoms with van der Waals surface area (Å²) in [5.74, 6) is 1.60. The number of amides is 2. The number of halogens is 1. The van der Waals surface area contributed by atoms with Gasteiger partial charge in [-0.3, -0.25) is 9.59 Å². The maximum Gasteiger partial charge on any atom is 0.252 e. The molecule has 3 aromatic rings. The predicted octanol–water partition coefficient (Wildman–Crippen LogP) is 6.07. The first-order chi connectivity index (χ1) is 23.3. The first kappa shape index (κ1) is 35.0. The van der Waals surface area contributed by atoms with Crippen LogP contribution in [0.5, 0.6) is 17.2 Å². The highest BCUT2D eigenvalue weighted by Gasteiger charge is 2.28. The lowest BCUT2D eigenvalue weighted by atomic mass is 9.85.